The van der Waals surface area contributed by atoms with Crippen LogP contribution in [0.15, 0.2) is 40.9 Å². The van der Waals surface area contributed by atoms with E-state index in [1.54, 1.807) is 17.9 Å². The minimum atomic E-state index is -0.563. The summed E-state index contributed by atoms with van der Waals surface area (Å²) in [6.45, 7) is 4.01. The predicted octanol–water partition coefficient (Wildman–Crippen LogP) is 4.22. The van der Waals surface area contributed by atoms with Gasteiger partial charge in [-0.25, -0.2) is 0 Å². The van der Waals surface area contributed by atoms with E-state index in [1.807, 2.05) is 19.1 Å². The predicted molar refractivity (Wildman–Crippen MR) is 109 cm³/mol. The molecule has 0 bridgehead atoms. The van der Waals surface area contributed by atoms with E-state index in [-0.39, 0.29) is 17.5 Å². The number of carbonyl (C=O) groups is 2. The molecule has 2 amide bonds. The number of rotatable bonds is 4. The fourth-order valence-corrected chi connectivity index (χ4v) is 3.64. The fourth-order valence-electron chi connectivity index (χ4n) is 3.39. The summed E-state index contributed by atoms with van der Waals surface area (Å²) in [6, 6.07) is 9.25. The first-order valence-corrected chi connectivity index (χ1v) is 9.70. The number of aryl methyl sites for hydroxylation is 2. The van der Waals surface area contributed by atoms with Crippen LogP contribution in [0, 0.1) is 24.0 Å². The third-order valence-electron chi connectivity index (χ3n) is 4.88. The quantitative estimate of drug-likeness (QED) is 0.563. The molecule has 1 aliphatic rings. The van der Waals surface area contributed by atoms with Crippen molar-refractivity contribution >= 4 is 39.1 Å². The van der Waals surface area contributed by atoms with Gasteiger partial charge in [-0.05, 0) is 62.6 Å². The highest BCUT2D eigenvalue weighted by molar-refractivity contribution is 9.10. The lowest BCUT2D eigenvalue weighted by atomic mass is 10.1. The topological polar surface area (TPSA) is 92.6 Å². The van der Waals surface area contributed by atoms with Gasteiger partial charge in [-0.2, -0.15) is 0 Å². The van der Waals surface area contributed by atoms with E-state index in [9.17, 15) is 19.7 Å². The monoisotopic (exact) mass is 445 g/mol. The zero-order valence-electron chi connectivity index (χ0n) is 15.6. The van der Waals surface area contributed by atoms with Crippen LogP contribution >= 0.6 is 15.9 Å². The number of likely N-dealkylation sites (tertiary alicyclic amines) is 1. The van der Waals surface area contributed by atoms with Crippen molar-refractivity contribution in [2.45, 2.75) is 32.7 Å². The van der Waals surface area contributed by atoms with Crippen molar-refractivity contribution < 1.29 is 14.5 Å². The highest BCUT2D eigenvalue weighted by atomic mass is 79.9. The van der Waals surface area contributed by atoms with Crippen LogP contribution in [-0.4, -0.2) is 34.2 Å². The normalized spacial score (nSPS) is 16.1. The van der Waals surface area contributed by atoms with Crippen molar-refractivity contribution in [2.24, 2.45) is 0 Å². The largest absolute Gasteiger partial charge is 0.327 e. The van der Waals surface area contributed by atoms with Crippen molar-refractivity contribution in [1.82, 2.24) is 4.90 Å². The number of hydrogen-bond donors (Lipinski definition) is 1. The zero-order chi connectivity index (χ0) is 20.4. The van der Waals surface area contributed by atoms with E-state index in [4.69, 9.17) is 0 Å². The van der Waals surface area contributed by atoms with Crippen LogP contribution in [-0.2, 0) is 4.79 Å². The maximum absolute atomic E-state index is 12.9. The summed E-state index contributed by atoms with van der Waals surface area (Å²) in [6.07, 6.45) is 1.31. The third-order valence-corrected chi connectivity index (χ3v) is 5.77. The lowest BCUT2D eigenvalue weighted by molar-refractivity contribution is -0.385. The molecule has 28 heavy (non-hydrogen) atoms. The second-order valence-corrected chi connectivity index (χ2v) is 7.72. The lowest BCUT2D eigenvalue weighted by Crippen LogP contribution is -2.43. The molecule has 8 heteroatoms. The number of anilines is 1. The number of benzene rings is 2. The van der Waals surface area contributed by atoms with Crippen LogP contribution in [0.2, 0.25) is 0 Å². The molecule has 1 N–H and O–H groups in total. The molecular weight excluding hydrogens is 426 g/mol. The number of nitro groups is 1. The van der Waals surface area contributed by atoms with Gasteiger partial charge in [0.1, 0.15) is 6.04 Å². The van der Waals surface area contributed by atoms with Crippen molar-refractivity contribution in [2.75, 3.05) is 11.9 Å². The summed E-state index contributed by atoms with van der Waals surface area (Å²) in [7, 11) is 0. The number of halogens is 1. The van der Waals surface area contributed by atoms with Gasteiger partial charge in [-0.15, -0.1) is 0 Å². The number of hydrogen-bond acceptors (Lipinski definition) is 4. The molecule has 1 fully saturated rings. The van der Waals surface area contributed by atoms with Gasteiger partial charge >= 0.3 is 0 Å². The minimum Gasteiger partial charge on any atom is -0.327 e. The Bertz CT molecular complexity index is 960. The molecule has 2 aromatic carbocycles. The number of nitrogens with zero attached hydrogens (tertiary/aromatic N) is 2. The maximum Gasteiger partial charge on any atom is 0.272 e. The van der Waals surface area contributed by atoms with Gasteiger partial charge < -0.3 is 10.2 Å². The molecule has 1 unspecified atom stereocenters. The van der Waals surface area contributed by atoms with E-state index in [0.717, 1.165) is 16.5 Å². The first kappa shape index (κ1) is 20.0. The second kappa shape index (κ2) is 8.10. The van der Waals surface area contributed by atoms with Gasteiger partial charge in [0, 0.05) is 33.9 Å². The summed E-state index contributed by atoms with van der Waals surface area (Å²) in [5.74, 6) is -0.520. The molecule has 0 radical (unpaired) electrons. The van der Waals surface area contributed by atoms with Gasteiger partial charge in [-0.1, -0.05) is 15.9 Å². The molecule has 146 valence electrons. The first-order valence-electron chi connectivity index (χ1n) is 8.91. The summed E-state index contributed by atoms with van der Waals surface area (Å²) >= 11 is 3.43. The Balaban J connectivity index is 1.77. The Kier molecular flexibility index (Phi) is 5.79. The average molecular weight is 446 g/mol. The van der Waals surface area contributed by atoms with Crippen molar-refractivity contribution in [1.29, 1.82) is 0 Å². The highest BCUT2D eigenvalue weighted by Gasteiger charge is 2.35. The molecule has 0 aliphatic carbocycles. The Morgan fingerprint density at radius 1 is 1.18 bits per heavy atom. The van der Waals surface area contributed by atoms with E-state index < -0.39 is 11.0 Å². The second-order valence-electron chi connectivity index (χ2n) is 6.87. The van der Waals surface area contributed by atoms with Crippen LogP contribution < -0.4 is 5.32 Å². The highest BCUT2D eigenvalue weighted by Crippen LogP contribution is 2.25. The molecular formula is C20H20BrN3O4. The molecule has 1 saturated heterocycles. The van der Waals surface area contributed by atoms with Crippen LogP contribution in [0.5, 0.6) is 0 Å². The van der Waals surface area contributed by atoms with Gasteiger partial charge in [0.05, 0.1) is 4.92 Å². The Hall–Kier alpha value is -2.74. The van der Waals surface area contributed by atoms with Crippen LogP contribution in [0.1, 0.15) is 34.3 Å². The summed E-state index contributed by atoms with van der Waals surface area (Å²) in [5.41, 5.74) is 2.41. The van der Waals surface area contributed by atoms with Crippen molar-refractivity contribution in [3.8, 4) is 0 Å². The molecule has 0 spiro atoms. The third kappa shape index (κ3) is 4.06. The zero-order valence-corrected chi connectivity index (χ0v) is 17.2. The van der Waals surface area contributed by atoms with Gasteiger partial charge in [-0.3, -0.25) is 19.7 Å². The van der Waals surface area contributed by atoms with E-state index in [2.05, 4.69) is 21.2 Å². The average Bonchev–Trinajstić information content (AvgIpc) is 3.13. The molecule has 7 nitrogen and oxygen atoms in total. The number of carbonyl (C=O) groups excluding carboxylic acids is 2. The van der Waals surface area contributed by atoms with Crippen molar-refractivity contribution in [3.63, 3.8) is 0 Å². The summed E-state index contributed by atoms with van der Waals surface area (Å²) < 4.78 is 0.955. The molecule has 1 heterocycles. The van der Waals surface area contributed by atoms with Gasteiger partial charge in [0.25, 0.3) is 11.6 Å². The molecule has 0 saturated carbocycles. The minimum absolute atomic E-state index is 0.0297. The number of nitro benzene ring substituents is 1. The molecule has 1 atom stereocenters. The number of nitrogens with one attached hydrogen (secondary N) is 1. The van der Waals surface area contributed by atoms with Crippen LogP contribution in [0.3, 0.4) is 0 Å². The standard InChI is InChI=1S/C20H20BrN3O4/c1-12-11-15(6-7-16(12)21)22-19(25)18-4-3-9-23(18)20(26)14-5-8-17(24(27)28)13(2)10-14/h5-8,10-11,18H,3-4,9H2,1-2H3,(H,22,25). The molecule has 0 aromatic heterocycles. The first-order chi connectivity index (χ1) is 13.3. The van der Waals surface area contributed by atoms with Gasteiger partial charge in [0.15, 0.2) is 0 Å². The smallest absolute Gasteiger partial charge is 0.272 e. The molecule has 3 rings (SSSR count). The Morgan fingerprint density at radius 3 is 2.57 bits per heavy atom. The fraction of sp³-hybridized carbons (Fsp3) is 0.300. The van der Waals surface area contributed by atoms with E-state index >= 15 is 0 Å². The Labute approximate surface area is 171 Å². The van der Waals surface area contributed by atoms with Gasteiger partial charge in [0.2, 0.25) is 5.91 Å². The SMILES string of the molecule is Cc1cc(NC(=O)C2CCCN2C(=O)c2ccc([N+](=O)[O-])c(C)c2)ccc1Br. The maximum atomic E-state index is 12.9. The van der Waals surface area contributed by atoms with Crippen LogP contribution in [0.25, 0.3) is 0 Å². The summed E-state index contributed by atoms with van der Waals surface area (Å²) in [4.78, 5) is 37.7. The summed E-state index contributed by atoms with van der Waals surface area (Å²) in [5, 5.41) is 13.9. The molecule has 2 aromatic rings. The lowest BCUT2D eigenvalue weighted by Gasteiger charge is -2.24. The van der Waals surface area contributed by atoms with E-state index in [0.29, 0.717) is 29.8 Å². The molecule has 1 aliphatic heterocycles. The number of amides is 2. The van der Waals surface area contributed by atoms with Crippen LogP contribution in [0.4, 0.5) is 11.4 Å². The Morgan fingerprint density at radius 2 is 1.93 bits per heavy atom. The van der Waals surface area contributed by atoms with E-state index in [1.165, 1.54) is 18.2 Å². The van der Waals surface area contributed by atoms with Crippen molar-refractivity contribution in [3.05, 3.63) is 67.7 Å².